The Bertz CT molecular complexity index is 486. The summed E-state index contributed by atoms with van der Waals surface area (Å²) in [6.45, 7) is 3.98. The van der Waals surface area contributed by atoms with Crippen LogP contribution in [-0.2, 0) is 15.8 Å². The van der Waals surface area contributed by atoms with Gasteiger partial charge in [-0.1, -0.05) is 25.5 Å². The van der Waals surface area contributed by atoms with Crippen LogP contribution in [0.5, 0.6) is 0 Å². The molecule has 1 aromatic carbocycles. The Morgan fingerprint density at radius 3 is 2.61 bits per heavy atom. The third-order valence-corrected chi connectivity index (χ3v) is 5.00. The van der Waals surface area contributed by atoms with E-state index in [-0.39, 0.29) is 11.8 Å². The molecule has 1 atom stereocenters. The van der Waals surface area contributed by atoms with E-state index in [0.29, 0.717) is 5.69 Å². The number of anilines is 1. The minimum absolute atomic E-state index is 0.00257. The smallest absolute Gasteiger partial charge is 0.218 e. The maximum atomic E-state index is 12.2. The van der Waals surface area contributed by atoms with Crippen molar-refractivity contribution in [3.05, 3.63) is 29.8 Å². The molecule has 4 nitrogen and oxygen atoms in total. The first-order valence-corrected chi connectivity index (χ1v) is 7.78. The molecule has 0 fully saturated rings. The molecule has 0 spiro atoms. The summed E-state index contributed by atoms with van der Waals surface area (Å²) in [5, 5.41) is 0. The molecule has 0 saturated carbocycles. The van der Waals surface area contributed by atoms with Gasteiger partial charge in [-0.15, -0.1) is 0 Å². The third kappa shape index (κ3) is 3.99. The molecule has 1 rings (SSSR count). The predicted molar refractivity (Wildman–Crippen MR) is 75.6 cm³/mol. The summed E-state index contributed by atoms with van der Waals surface area (Å²) in [5.41, 5.74) is 6.97. The quantitative estimate of drug-likeness (QED) is 0.806. The van der Waals surface area contributed by atoms with Gasteiger partial charge in [0.25, 0.3) is 0 Å². The lowest BCUT2D eigenvalue weighted by atomic mass is 10.2. The first-order valence-electron chi connectivity index (χ1n) is 6.17. The summed E-state index contributed by atoms with van der Waals surface area (Å²) < 4.78 is 25.9. The standard InChI is InChI=1S/C13H22N2O2S/c1-4-6-11(2)15(3)18(16,17)10-12-7-5-8-13(14)9-12/h5,7-9,11H,4,6,10,14H2,1-3H3. The van der Waals surface area contributed by atoms with Crippen LogP contribution in [0.2, 0.25) is 0 Å². The average Bonchev–Trinajstić information content (AvgIpc) is 2.27. The molecule has 0 amide bonds. The highest BCUT2D eigenvalue weighted by atomic mass is 32.2. The monoisotopic (exact) mass is 270 g/mol. The average molecular weight is 270 g/mol. The van der Waals surface area contributed by atoms with Gasteiger partial charge in [-0.3, -0.25) is 0 Å². The van der Waals surface area contributed by atoms with Crippen molar-refractivity contribution in [3.63, 3.8) is 0 Å². The number of rotatable bonds is 6. The van der Waals surface area contributed by atoms with E-state index in [4.69, 9.17) is 5.73 Å². The van der Waals surface area contributed by atoms with Crippen molar-refractivity contribution in [2.45, 2.75) is 38.5 Å². The molecule has 0 radical (unpaired) electrons. The number of nitrogens with zero attached hydrogens (tertiary/aromatic N) is 1. The first kappa shape index (κ1) is 15.0. The summed E-state index contributed by atoms with van der Waals surface area (Å²) in [6, 6.07) is 7.04. The van der Waals surface area contributed by atoms with Crippen LogP contribution in [0.3, 0.4) is 0 Å². The summed E-state index contributed by atoms with van der Waals surface area (Å²) in [4.78, 5) is 0. The molecule has 0 heterocycles. The van der Waals surface area contributed by atoms with E-state index in [1.54, 1.807) is 31.3 Å². The van der Waals surface area contributed by atoms with Crippen molar-refractivity contribution in [2.24, 2.45) is 0 Å². The Hall–Kier alpha value is -1.07. The second kappa shape index (κ2) is 6.20. The highest BCUT2D eigenvalue weighted by molar-refractivity contribution is 7.88. The van der Waals surface area contributed by atoms with Crippen LogP contribution < -0.4 is 5.73 Å². The molecule has 0 saturated heterocycles. The van der Waals surface area contributed by atoms with Gasteiger partial charge in [0.2, 0.25) is 10.0 Å². The van der Waals surface area contributed by atoms with Crippen LogP contribution >= 0.6 is 0 Å². The Labute approximate surface area is 110 Å². The fourth-order valence-corrected chi connectivity index (χ4v) is 3.33. The molecule has 1 aromatic rings. The van der Waals surface area contributed by atoms with Gasteiger partial charge in [-0.05, 0) is 31.0 Å². The Balaban J connectivity index is 2.81. The van der Waals surface area contributed by atoms with Crippen LogP contribution in [0.15, 0.2) is 24.3 Å². The molecule has 0 aliphatic rings. The zero-order valence-corrected chi connectivity index (χ0v) is 12.1. The molecule has 5 heteroatoms. The van der Waals surface area contributed by atoms with Gasteiger partial charge < -0.3 is 5.73 Å². The van der Waals surface area contributed by atoms with E-state index < -0.39 is 10.0 Å². The van der Waals surface area contributed by atoms with Crippen molar-refractivity contribution in [2.75, 3.05) is 12.8 Å². The van der Waals surface area contributed by atoms with Crippen molar-refractivity contribution in [1.29, 1.82) is 0 Å². The van der Waals surface area contributed by atoms with E-state index >= 15 is 0 Å². The maximum Gasteiger partial charge on any atom is 0.218 e. The Morgan fingerprint density at radius 2 is 2.06 bits per heavy atom. The molecule has 18 heavy (non-hydrogen) atoms. The lowest BCUT2D eigenvalue weighted by Crippen LogP contribution is -2.35. The molecule has 0 aromatic heterocycles. The fraction of sp³-hybridized carbons (Fsp3) is 0.538. The highest BCUT2D eigenvalue weighted by Gasteiger charge is 2.22. The summed E-state index contributed by atoms with van der Waals surface area (Å²) in [5.74, 6) is 0.00257. The molecular formula is C13H22N2O2S. The molecule has 0 aliphatic heterocycles. The van der Waals surface area contributed by atoms with E-state index in [9.17, 15) is 8.42 Å². The van der Waals surface area contributed by atoms with Crippen LogP contribution in [0.4, 0.5) is 5.69 Å². The van der Waals surface area contributed by atoms with E-state index in [1.165, 1.54) is 4.31 Å². The minimum Gasteiger partial charge on any atom is -0.399 e. The number of nitrogens with two attached hydrogens (primary N) is 1. The normalized spacial score (nSPS) is 13.8. The summed E-state index contributed by atoms with van der Waals surface area (Å²) in [6.07, 6.45) is 1.84. The van der Waals surface area contributed by atoms with Gasteiger partial charge in [0.1, 0.15) is 0 Å². The Morgan fingerprint density at radius 1 is 1.39 bits per heavy atom. The lowest BCUT2D eigenvalue weighted by Gasteiger charge is -2.24. The van der Waals surface area contributed by atoms with Gasteiger partial charge in [0.05, 0.1) is 5.75 Å². The van der Waals surface area contributed by atoms with Crippen molar-refractivity contribution in [1.82, 2.24) is 4.31 Å². The topological polar surface area (TPSA) is 63.4 Å². The Kier molecular flexibility index (Phi) is 5.16. The zero-order valence-electron chi connectivity index (χ0n) is 11.3. The van der Waals surface area contributed by atoms with Gasteiger partial charge in [0, 0.05) is 18.8 Å². The first-order chi connectivity index (χ1) is 8.36. The predicted octanol–water partition coefficient (Wildman–Crippen LogP) is 2.22. The van der Waals surface area contributed by atoms with Crippen molar-refractivity contribution < 1.29 is 8.42 Å². The summed E-state index contributed by atoms with van der Waals surface area (Å²) >= 11 is 0. The zero-order chi connectivity index (χ0) is 13.8. The molecular weight excluding hydrogens is 248 g/mol. The molecule has 2 N–H and O–H groups in total. The van der Waals surface area contributed by atoms with Gasteiger partial charge in [0.15, 0.2) is 0 Å². The number of sulfonamides is 1. The molecule has 0 aliphatic carbocycles. The number of benzene rings is 1. The van der Waals surface area contributed by atoms with E-state index in [2.05, 4.69) is 6.92 Å². The van der Waals surface area contributed by atoms with Crippen LogP contribution in [-0.4, -0.2) is 25.8 Å². The van der Waals surface area contributed by atoms with Gasteiger partial charge in [-0.2, -0.15) is 0 Å². The van der Waals surface area contributed by atoms with Crippen molar-refractivity contribution >= 4 is 15.7 Å². The number of nitrogen functional groups attached to an aromatic ring is 1. The fourth-order valence-electron chi connectivity index (χ4n) is 1.87. The van der Waals surface area contributed by atoms with Gasteiger partial charge >= 0.3 is 0 Å². The third-order valence-electron chi connectivity index (χ3n) is 3.07. The van der Waals surface area contributed by atoms with Crippen molar-refractivity contribution in [3.8, 4) is 0 Å². The largest absolute Gasteiger partial charge is 0.399 e. The van der Waals surface area contributed by atoms with Crippen LogP contribution in [0.25, 0.3) is 0 Å². The number of hydrogen-bond acceptors (Lipinski definition) is 3. The maximum absolute atomic E-state index is 12.2. The summed E-state index contributed by atoms with van der Waals surface area (Å²) in [7, 11) is -1.63. The van der Waals surface area contributed by atoms with Crippen LogP contribution in [0, 0.1) is 0 Å². The van der Waals surface area contributed by atoms with E-state index in [0.717, 1.165) is 18.4 Å². The molecule has 0 bridgehead atoms. The SMILES string of the molecule is CCCC(C)N(C)S(=O)(=O)Cc1cccc(N)c1. The molecule has 1 unspecified atom stereocenters. The van der Waals surface area contributed by atoms with Gasteiger partial charge in [-0.25, -0.2) is 12.7 Å². The minimum atomic E-state index is -3.27. The van der Waals surface area contributed by atoms with Crippen LogP contribution in [0.1, 0.15) is 32.3 Å². The lowest BCUT2D eigenvalue weighted by molar-refractivity contribution is 0.368. The second-order valence-electron chi connectivity index (χ2n) is 4.66. The highest BCUT2D eigenvalue weighted by Crippen LogP contribution is 2.16. The molecule has 102 valence electrons. The number of hydrogen-bond donors (Lipinski definition) is 1. The van der Waals surface area contributed by atoms with E-state index in [1.807, 2.05) is 6.92 Å². The second-order valence-corrected chi connectivity index (χ2v) is 6.68.